The maximum atomic E-state index is 12.8. The van der Waals surface area contributed by atoms with E-state index in [-0.39, 0.29) is 16.4 Å². The molecule has 0 saturated heterocycles. The maximum absolute atomic E-state index is 12.8. The number of hydrogen-bond acceptors (Lipinski definition) is 5. The zero-order chi connectivity index (χ0) is 24.2. The third-order valence-corrected chi connectivity index (χ3v) is 6.23. The van der Waals surface area contributed by atoms with Crippen molar-refractivity contribution < 1.29 is 22.7 Å². The minimum atomic E-state index is -3.81. The van der Waals surface area contributed by atoms with Crippen LogP contribution in [0, 0.1) is 6.92 Å². The third-order valence-electron chi connectivity index (χ3n) is 4.83. The Balaban J connectivity index is 1.78. The molecule has 0 fully saturated rings. The fourth-order valence-electron chi connectivity index (χ4n) is 3.01. The first-order valence-electron chi connectivity index (χ1n) is 10.0. The first-order valence-corrected chi connectivity index (χ1v) is 11.5. The molecule has 3 rings (SSSR count). The number of benzene rings is 3. The summed E-state index contributed by atoms with van der Waals surface area (Å²) in [4.78, 5) is 26.4. The van der Waals surface area contributed by atoms with Crippen LogP contribution in [0.3, 0.4) is 0 Å². The van der Waals surface area contributed by atoms with Crippen molar-refractivity contribution in [1.82, 2.24) is 4.90 Å². The average Bonchev–Trinajstić information content (AvgIpc) is 2.80. The molecule has 0 heterocycles. The van der Waals surface area contributed by atoms with Gasteiger partial charge in [-0.3, -0.25) is 14.3 Å². The van der Waals surface area contributed by atoms with Gasteiger partial charge in [0.05, 0.1) is 17.7 Å². The van der Waals surface area contributed by atoms with Crippen molar-refractivity contribution >= 4 is 33.2 Å². The lowest BCUT2D eigenvalue weighted by Crippen LogP contribution is -2.22. The molecule has 9 heteroatoms. The monoisotopic (exact) mass is 467 g/mol. The number of aryl methyl sites for hydroxylation is 1. The standard InChI is InChI=1S/C24H25N3O5S/c1-16-5-10-19(11-6-16)26-33(30,31)20-12-7-17(8-13-20)23(28)25-21-15-18(24(29)27(2)3)9-14-22(21)32-4/h5-15,26H,1-4H3,(H,25,28). The summed E-state index contributed by atoms with van der Waals surface area (Å²) in [6.45, 7) is 1.91. The van der Waals surface area contributed by atoms with Crippen molar-refractivity contribution in [2.24, 2.45) is 0 Å². The summed E-state index contributed by atoms with van der Waals surface area (Å²) in [5.41, 5.74) is 2.42. The van der Waals surface area contributed by atoms with Crippen molar-refractivity contribution in [3.63, 3.8) is 0 Å². The number of ether oxygens (including phenoxy) is 1. The molecule has 0 bridgehead atoms. The zero-order valence-corrected chi connectivity index (χ0v) is 19.6. The molecular weight excluding hydrogens is 442 g/mol. The van der Waals surface area contributed by atoms with Crippen LogP contribution in [-0.2, 0) is 10.0 Å². The smallest absolute Gasteiger partial charge is 0.261 e. The highest BCUT2D eigenvalue weighted by molar-refractivity contribution is 7.92. The van der Waals surface area contributed by atoms with Crippen LogP contribution in [0.4, 0.5) is 11.4 Å². The van der Waals surface area contributed by atoms with Gasteiger partial charge in [-0.05, 0) is 61.5 Å². The lowest BCUT2D eigenvalue weighted by atomic mass is 10.1. The number of hydrogen-bond donors (Lipinski definition) is 2. The molecule has 0 radical (unpaired) electrons. The quantitative estimate of drug-likeness (QED) is 0.551. The van der Waals surface area contributed by atoms with Gasteiger partial charge in [0.15, 0.2) is 0 Å². The Morgan fingerprint density at radius 1 is 0.879 bits per heavy atom. The number of carbonyl (C=O) groups is 2. The van der Waals surface area contributed by atoms with Gasteiger partial charge < -0.3 is 15.0 Å². The maximum Gasteiger partial charge on any atom is 0.261 e. The molecular formula is C24H25N3O5S. The highest BCUT2D eigenvalue weighted by atomic mass is 32.2. The molecule has 3 aromatic rings. The first kappa shape index (κ1) is 23.8. The van der Waals surface area contributed by atoms with E-state index in [1.165, 1.54) is 42.3 Å². The van der Waals surface area contributed by atoms with E-state index in [4.69, 9.17) is 4.74 Å². The fraction of sp³-hybridized carbons (Fsp3) is 0.167. The number of nitrogens with zero attached hydrogens (tertiary/aromatic N) is 1. The van der Waals surface area contributed by atoms with Crippen molar-refractivity contribution in [2.45, 2.75) is 11.8 Å². The van der Waals surface area contributed by atoms with Gasteiger partial charge in [0.2, 0.25) is 0 Å². The Bertz CT molecular complexity index is 1270. The van der Waals surface area contributed by atoms with Crippen LogP contribution in [0.5, 0.6) is 5.75 Å². The number of amides is 2. The second-order valence-corrected chi connectivity index (χ2v) is 9.25. The molecule has 8 nitrogen and oxygen atoms in total. The van der Waals surface area contributed by atoms with Crippen molar-refractivity contribution in [3.8, 4) is 5.75 Å². The lowest BCUT2D eigenvalue weighted by molar-refractivity contribution is 0.0827. The summed E-state index contributed by atoms with van der Waals surface area (Å²) in [7, 11) is 0.918. The summed E-state index contributed by atoms with van der Waals surface area (Å²) in [6, 6.07) is 17.2. The molecule has 2 N–H and O–H groups in total. The van der Waals surface area contributed by atoms with Crippen LogP contribution in [0.1, 0.15) is 26.3 Å². The molecule has 0 saturated carbocycles. The molecule has 0 unspecified atom stereocenters. The van der Waals surface area contributed by atoms with Crippen molar-refractivity contribution in [2.75, 3.05) is 31.2 Å². The molecule has 0 spiro atoms. The van der Waals surface area contributed by atoms with Gasteiger partial charge in [-0.25, -0.2) is 8.42 Å². The van der Waals surface area contributed by atoms with Crippen LogP contribution in [0.15, 0.2) is 71.6 Å². The van der Waals surface area contributed by atoms with E-state index < -0.39 is 15.9 Å². The largest absolute Gasteiger partial charge is 0.495 e. The second kappa shape index (κ2) is 9.74. The number of sulfonamides is 1. The number of methoxy groups -OCH3 is 1. The Labute approximate surface area is 193 Å². The molecule has 0 aliphatic carbocycles. The first-order chi connectivity index (χ1) is 15.6. The van der Waals surface area contributed by atoms with Crippen LogP contribution in [0.2, 0.25) is 0 Å². The van der Waals surface area contributed by atoms with E-state index >= 15 is 0 Å². The normalized spacial score (nSPS) is 10.9. The van der Waals surface area contributed by atoms with Gasteiger partial charge in [-0.2, -0.15) is 0 Å². The lowest BCUT2D eigenvalue weighted by Gasteiger charge is -2.14. The van der Waals surface area contributed by atoms with E-state index in [9.17, 15) is 18.0 Å². The van der Waals surface area contributed by atoms with Crippen molar-refractivity contribution in [1.29, 1.82) is 0 Å². The number of anilines is 2. The number of nitrogens with one attached hydrogen (secondary N) is 2. The highest BCUT2D eigenvalue weighted by Gasteiger charge is 2.17. The molecule has 33 heavy (non-hydrogen) atoms. The Kier molecular flexibility index (Phi) is 7.03. The molecule has 0 aliphatic rings. The van der Waals surface area contributed by atoms with Gasteiger partial charge in [0.25, 0.3) is 21.8 Å². The predicted molar refractivity (Wildman–Crippen MR) is 127 cm³/mol. The van der Waals surface area contributed by atoms with Crippen LogP contribution >= 0.6 is 0 Å². The SMILES string of the molecule is COc1ccc(C(=O)N(C)C)cc1NC(=O)c1ccc(S(=O)(=O)Nc2ccc(C)cc2)cc1. The average molecular weight is 468 g/mol. The van der Waals surface area contributed by atoms with Gasteiger partial charge in [0, 0.05) is 30.9 Å². The predicted octanol–water partition coefficient (Wildman–Crippen LogP) is 3.76. The molecule has 2 amide bonds. The molecule has 0 aromatic heterocycles. The highest BCUT2D eigenvalue weighted by Crippen LogP contribution is 2.27. The Hall–Kier alpha value is -3.85. The van der Waals surface area contributed by atoms with Crippen LogP contribution < -0.4 is 14.8 Å². The van der Waals surface area contributed by atoms with Crippen molar-refractivity contribution in [3.05, 3.63) is 83.4 Å². The van der Waals surface area contributed by atoms with Gasteiger partial charge >= 0.3 is 0 Å². The fourth-order valence-corrected chi connectivity index (χ4v) is 4.07. The number of rotatable bonds is 7. The van der Waals surface area contributed by atoms with E-state index in [0.29, 0.717) is 22.7 Å². The minimum Gasteiger partial charge on any atom is -0.495 e. The van der Waals surface area contributed by atoms with Gasteiger partial charge in [-0.15, -0.1) is 0 Å². The van der Waals surface area contributed by atoms with Crippen LogP contribution in [-0.4, -0.2) is 46.3 Å². The minimum absolute atomic E-state index is 0.0239. The summed E-state index contributed by atoms with van der Waals surface area (Å²) in [5, 5.41) is 2.72. The summed E-state index contributed by atoms with van der Waals surface area (Å²) in [5.74, 6) is -0.304. The molecule has 0 aliphatic heterocycles. The third kappa shape index (κ3) is 5.69. The van der Waals surface area contributed by atoms with Gasteiger partial charge in [0.1, 0.15) is 5.75 Å². The molecule has 0 atom stereocenters. The summed E-state index contributed by atoms with van der Waals surface area (Å²) in [6.07, 6.45) is 0. The Morgan fingerprint density at radius 2 is 1.48 bits per heavy atom. The van der Waals surface area contributed by atoms with E-state index in [1.807, 2.05) is 6.92 Å². The van der Waals surface area contributed by atoms with E-state index in [2.05, 4.69) is 10.0 Å². The second-order valence-electron chi connectivity index (χ2n) is 7.56. The number of carbonyl (C=O) groups excluding carboxylic acids is 2. The Morgan fingerprint density at radius 3 is 2.06 bits per heavy atom. The molecule has 3 aromatic carbocycles. The van der Waals surface area contributed by atoms with Crippen LogP contribution in [0.25, 0.3) is 0 Å². The van der Waals surface area contributed by atoms with Gasteiger partial charge in [-0.1, -0.05) is 17.7 Å². The molecule has 172 valence electrons. The van der Waals surface area contributed by atoms with E-state index in [1.54, 1.807) is 50.5 Å². The topological polar surface area (TPSA) is 105 Å². The summed E-state index contributed by atoms with van der Waals surface area (Å²) < 4.78 is 33.1. The zero-order valence-electron chi connectivity index (χ0n) is 18.7. The van der Waals surface area contributed by atoms with E-state index in [0.717, 1.165) is 5.56 Å². The summed E-state index contributed by atoms with van der Waals surface area (Å²) >= 11 is 0.